The van der Waals surface area contributed by atoms with Gasteiger partial charge in [-0.05, 0) is 68.3 Å². The van der Waals surface area contributed by atoms with E-state index in [2.05, 4.69) is 30.9 Å². The van der Waals surface area contributed by atoms with Crippen LogP contribution in [0.3, 0.4) is 0 Å². The van der Waals surface area contributed by atoms with E-state index in [4.69, 9.17) is 4.74 Å². The number of rotatable bonds is 7. The van der Waals surface area contributed by atoms with Crippen LogP contribution in [-0.4, -0.2) is 30.4 Å². The number of nitrogens with zero attached hydrogens (tertiary/aromatic N) is 1. The monoisotopic (exact) mass is 361 g/mol. The fourth-order valence-corrected chi connectivity index (χ4v) is 4.82. The van der Waals surface area contributed by atoms with Crippen molar-refractivity contribution >= 4 is 0 Å². The van der Waals surface area contributed by atoms with Crippen LogP contribution in [0.5, 0.6) is 0 Å². The zero-order valence-electron chi connectivity index (χ0n) is 16.6. The normalized spacial score (nSPS) is 30.6. The zero-order valence-corrected chi connectivity index (χ0v) is 16.6. The summed E-state index contributed by atoms with van der Waals surface area (Å²) in [5.41, 5.74) is 0.423. The molecule has 0 amide bonds. The number of alkyl halides is 1. The van der Waals surface area contributed by atoms with Gasteiger partial charge in [0.25, 0.3) is 0 Å². The van der Waals surface area contributed by atoms with Crippen LogP contribution in [0.1, 0.15) is 64.4 Å². The highest BCUT2D eigenvalue weighted by Gasteiger charge is 2.41. The second kappa shape index (κ2) is 9.32. The fraction of sp³-hybridized carbons (Fsp3) is 0.739. The molecule has 1 aliphatic carbocycles. The van der Waals surface area contributed by atoms with Crippen molar-refractivity contribution in [3.05, 3.63) is 35.9 Å². The van der Waals surface area contributed by atoms with Gasteiger partial charge in [0.2, 0.25) is 0 Å². The predicted molar refractivity (Wildman–Crippen MR) is 106 cm³/mol. The molecule has 1 aliphatic heterocycles. The van der Waals surface area contributed by atoms with Crippen LogP contribution in [0.4, 0.5) is 4.39 Å². The first-order valence-corrected chi connectivity index (χ1v) is 10.6. The van der Waals surface area contributed by atoms with Crippen molar-refractivity contribution in [2.24, 2.45) is 17.8 Å². The summed E-state index contributed by atoms with van der Waals surface area (Å²) in [4.78, 5) is 2.35. The lowest BCUT2D eigenvalue weighted by atomic mass is 9.76. The SMILES string of the molecule is CC(C)C1CCC(CN2CCCCC2(CF)OCc2ccccc2)CC1. The van der Waals surface area contributed by atoms with E-state index in [1.54, 1.807) is 0 Å². The number of ether oxygens (including phenoxy) is 1. The third-order valence-electron chi connectivity index (χ3n) is 6.69. The Balaban J connectivity index is 1.60. The Labute approximate surface area is 159 Å². The summed E-state index contributed by atoms with van der Waals surface area (Å²) >= 11 is 0. The van der Waals surface area contributed by atoms with Crippen LogP contribution in [0, 0.1) is 17.8 Å². The molecule has 0 spiro atoms. The van der Waals surface area contributed by atoms with Crippen LogP contribution in [0.2, 0.25) is 0 Å². The minimum atomic E-state index is -0.705. The van der Waals surface area contributed by atoms with Crippen molar-refractivity contribution in [3.63, 3.8) is 0 Å². The largest absolute Gasteiger partial charge is 0.353 e. The molecule has 2 fully saturated rings. The van der Waals surface area contributed by atoms with Gasteiger partial charge in [0.1, 0.15) is 6.67 Å². The van der Waals surface area contributed by atoms with Crippen molar-refractivity contribution in [3.8, 4) is 0 Å². The standard InChI is InChI=1S/C23H36FNO/c1-19(2)22-12-10-20(11-13-22)16-25-15-7-6-14-23(25,18-24)26-17-21-8-4-3-5-9-21/h3-5,8-9,19-20,22H,6-7,10-18H2,1-2H3. The second-order valence-corrected chi connectivity index (χ2v) is 8.78. The highest BCUT2D eigenvalue weighted by Crippen LogP contribution is 2.37. The molecule has 26 heavy (non-hydrogen) atoms. The second-order valence-electron chi connectivity index (χ2n) is 8.78. The van der Waals surface area contributed by atoms with Gasteiger partial charge in [-0.1, -0.05) is 44.2 Å². The maximum absolute atomic E-state index is 14.2. The molecule has 146 valence electrons. The lowest BCUT2D eigenvalue weighted by Gasteiger charge is -2.47. The van der Waals surface area contributed by atoms with Gasteiger partial charge in [0.05, 0.1) is 6.61 Å². The van der Waals surface area contributed by atoms with Crippen LogP contribution in [0.15, 0.2) is 30.3 Å². The molecule has 3 rings (SSSR count). The number of hydrogen-bond donors (Lipinski definition) is 0. The van der Waals surface area contributed by atoms with E-state index in [0.29, 0.717) is 12.5 Å². The molecule has 1 aromatic carbocycles. The highest BCUT2D eigenvalue weighted by atomic mass is 19.1. The van der Waals surface area contributed by atoms with E-state index in [-0.39, 0.29) is 0 Å². The van der Waals surface area contributed by atoms with Crippen LogP contribution >= 0.6 is 0 Å². The molecule has 1 atom stereocenters. The number of likely N-dealkylation sites (tertiary alicyclic amines) is 1. The molecule has 0 N–H and O–H groups in total. The Morgan fingerprint density at radius 2 is 1.85 bits per heavy atom. The summed E-state index contributed by atoms with van der Waals surface area (Å²) in [5.74, 6) is 2.38. The Kier molecular flexibility index (Phi) is 7.11. The Hall–Kier alpha value is -0.930. The van der Waals surface area contributed by atoms with Crippen molar-refractivity contribution in [2.75, 3.05) is 19.8 Å². The van der Waals surface area contributed by atoms with E-state index in [1.807, 2.05) is 18.2 Å². The Bertz CT molecular complexity index is 526. The van der Waals surface area contributed by atoms with Gasteiger partial charge in [-0.3, -0.25) is 4.90 Å². The molecule has 2 aliphatic rings. The third-order valence-corrected chi connectivity index (χ3v) is 6.69. The first-order valence-electron chi connectivity index (χ1n) is 10.6. The Morgan fingerprint density at radius 1 is 1.12 bits per heavy atom. The fourth-order valence-electron chi connectivity index (χ4n) is 4.82. The summed E-state index contributed by atoms with van der Waals surface area (Å²) < 4.78 is 20.5. The first kappa shape index (κ1) is 19.8. The molecular formula is C23H36FNO. The molecule has 1 saturated heterocycles. The molecule has 1 unspecified atom stereocenters. The maximum Gasteiger partial charge on any atom is 0.150 e. The molecule has 1 heterocycles. The summed E-state index contributed by atoms with van der Waals surface area (Å²) in [6.45, 7) is 6.78. The lowest BCUT2D eigenvalue weighted by Crippen LogP contribution is -2.56. The van der Waals surface area contributed by atoms with Crippen molar-refractivity contribution in [1.82, 2.24) is 4.90 Å². The van der Waals surface area contributed by atoms with E-state index in [9.17, 15) is 4.39 Å². The maximum atomic E-state index is 14.2. The van der Waals surface area contributed by atoms with Gasteiger partial charge in [-0.25, -0.2) is 4.39 Å². The molecule has 3 heteroatoms. The molecule has 1 aromatic rings. The predicted octanol–water partition coefficient (Wildman–Crippen LogP) is 5.82. The molecule has 0 bridgehead atoms. The highest BCUT2D eigenvalue weighted by molar-refractivity contribution is 5.13. The van der Waals surface area contributed by atoms with Gasteiger partial charge >= 0.3 is 0 Å². The zero-order chi connectivity index (χ0) is 18.4. The lowest BCUT2D eigenvalue weighted by molar-refractivity contribution is -0.196. The average Bonchev–Trinajstić information content (AvgIpc) is 2.69. The van der Waals surface area contributed by atoms with Crippen LogP contribution < -0.4 is 0 Å². The summed E-state index contributed by atoms with van der Waals surface area (Å²) in [6.07, 6.45) is 8.30. The van der Waals surface area contributed by atoms with Gasteiger partial charge in [-0.15, -0.1) is 0 Å². The van der Waals surface area contributed by atoms with E-state index < -0.39 is 12.4 Å². The minimum Gasteiger partial charge on any atom is -0.353 e. The number of halogens is 1. The molecule has 1 saturated carbocycles. The van der Waals surface area contributed by atoms with E-state index in [1.165, 1.54) is 25.7 Å². The smallest absolute Gasteiger partial charge is 0.150 e. The van der Waals surface area contributed by atoms with Gasteiger partial charge in [-0.2, -0.15) is 0 Å². The molecule has 0 aromatic heterocycles. The number of piperidine rings is 1. The van der Waals surface area contributed by atoms with Gasteiger partial charge < -0.3 is 4.74 Å². The van der Waals surface area contributed by atoms with Crippen molar-refractivity contribution in [1.29, 1.82) is 0 Å². The Morgan fingerprint density at radius 3 is 2.50 bits per heavy atom. The molecular weight excluding hydrogens is 325 g/mol. The topological polar surface area (TPSA) is 12.5 Å². The van der Waals surface area contributed by atoms with Gasteiger partial charge in [0, 0.05) is 13.1 Å². The van der Waals surface area contributed by atoms with Crippen molar-refractivity contribution in [2.45, 2.75) is 71.1 Å². The number of hydrogen-bond acceptors (Lipinski definition) is 2. The summed E-state index contributed by atoms with van der Waals surface area (Å²) in [6, 6.07) is 10.2. The molecule has 2 nitrogen and oxygen atoms in total. The van der Waals surface area contributed by atoms with E-state index in [0.717, 1.165) is 49.8 Å². The van der Waals surface area contributed by atoms with Crippen LogP contribution in [0.25, 0.3) is 0 Å². The third kappa shape index (κ3) is 4.86. The van der Waals surface area contributed by atoms with Crippen LogP contribution in [-0.2, 0) is 11.3 Å². The average molecular weight is 362 g/mol. The minimum absolute atomic E-state index is 0.402. The number of benzene rings is 1. The van der Waals surface area contributed by atoms with Crippen molar-refractivity contribution < 1.29 is 9.13 Å². The first-order chi connectivity index (χ1) is 12.6. The summed E-state index contributed by atoms with van der Waals surface area (Å²) in [5, 5.41) is 0. The quantitative estimate of drug-likeness (QED) is 0.607. The molecule has 0 radical (unpaired) electrons. The van der Waals surface area contributed by atoms with E-state index >= 15 is 0 Å². The summed E-state index contributed by atoms with van der Waals surface area (Å²) in [7, 11) is 0. The van der Waals surface area contributed by atoms with Gasteiger partial charge in [0.15, 0.2) is 5.72 Å².